The molecular formula is C13H12F2N4O2. The van der Waals surface area contributed by atoms with Crippen LogP contribution < -0.4 is 10.1 Å². The first-order chi connectivity index (χ1) is 10.0. The Labute approximate surface area is 119 Å². The average molecular weight is 294 g/mol. The second kappa shape index (κ2) is 6.69. The Morgan fingerprint density at radius 3 is 2.81 bits per heavy atom. The average Bonchev–Trinajstić information content (AvgIpc) is 2.46. The number of nitrogens with zero attached hydrogens (tertiary/aromatic N) is 3. The second-order valence-electron chi connectivity index (χ2n) is 4.06. The molecule has 0 aliphatic carbocycles. The summed E-state index contributed by atoms with van der Waals surface area (Å²) in [6.45, 7) is 0.994. The molecule has 0 atom stereocenters. The van der Waals surface area contributed by atoms with Gasteiger partial charge in [-0.2, -0.15) is 4.98 Å². The van der Waals surface area contributed by atoms with Gasteiger partial charge in [0.25, 0.3) is 12.3 Å². The smallest absolute Gasteiger partial charge is 0.277 e. The van der Waals surface area contributed by atoms with Gasteiger partial charge < -0.3 is 10.1 Å². The summed E-state index contributed by atoms with van der Waals surface area (Å²) in [6.07, 6.45) is 0.208. The molecule has 0 saturated heterocycles. The Kier molecular flexibility index (Phi) is 4.70. The Balaban J connectivity index is 2.03. The molecular weight excluding hydrogens is 282 g/mol. The Morgan fingerprint density at radius 1 is 1.33 bits per heavy atom. The van der Waals surface area contributed by atoms with Gasteiger partial charge in [0.2, 0.25) is 5.88 Å². The van der Waals surface area contributed by atoms with Gasteiger partial charge >= 0.3 is 0 Å². The molecule has 6 nitrogen and oxygen atoms in total. The molecule has 0 saturated carbocycles. The quantitative estimate of drug-likeness (QED) is 0.913. The van der Waals surface area contributed by atoms with E-state index in [0.717, 1.165) is 0 Å². The molecule has 2 heterocycles. The molecule has 0 aromatic carbocycles. The van der Waals surface area contributed by atoms with Gasteiger partial charge in [-0.1, -0.05) is 6.07 Å². The molecule has 2 aromatic rings. The van der Waals surface area contributed by atoms with Gasteiger partial charge in [-0.3, -0.25) is 9.78 Å². The van der Waals surface area contributed by atoms with Crippen molar-refractivity contribution in [3.8, 4) is 5.88 Å². The predicted molar refractivity (Wildman–Crippen MR) is 70.5 cm³/mol. The SMILES string of the molecule is Cc1cnc(C(=O)Nc2cccc(OCC(F)F)n2)cn1. The van der Waals surface area contributed by atoms with E-state index in [1.807, 2.05) is 0 Å². The summed E-state index contributed by atoms with van der Waals surface area (Å²) < 4.78 is 28.9. The number of pyridine rings is 1. The van der Waals surface area contributed by atoms with E-state index in [-0.39, 0.29) is 17.4 Å². The topological polar surface area (TPSA) is 77.0 Å². The van der Waals surface area contributed by atoms with Crippen molar-refractivity contribution in [1.29, 1.82) is 0 Å². The van der Waals surface area contributed by atoms with Crippen LogP contribution in [0.25, 0.3) is 0 Å². The molecule has 0 fully saturated rings. The van der Waals surface area contributed by atoms with Crippen LogP contribution in [0.15, 0.2) is 30.6 Å². The van der Waals surface area contributed by atoms with Gasteiger partial charge in [0.1, 0.15) is 11.5 Å². The number of anilines is 1. The maximum absolute atomic E-state index is 12.0. The highest BCUT2D eigenvalue weighted by Crippen LogP contribution is 2.13. The number of alkyl halides is 2. The predicted octanol–water partition coefficient (Wildman–Crippen LogP) is 2.08. The molecule has 110 valence electrons. The maximum atomic E-state index is 12.0. The minimum Gasteiger partial charge on any atom is -0.472 e. The molecule has 21 heavy (non-hydrogen) atoms. The van der Waals surface area contributed by atoms with Crippen LogP contribution in [0.1, 0.15) is 16.2 Å². The minimum atomic E-state index is -2.59. The molecule has 1 N–H and O–H groups in total. The third-order valence-electron chi connectivity index (χ3n) is 2.34. The Morgan fingerprint density at radius 2 is 2.14 bits per heavy atom. The standard InChI is InChI=1S/C13H12F2N4O2/c1-8-5-17-9(6-16-8)13(20)19-11-3-2-4-12(18-11)21-7-10(14)15/h2-6,10H,7H2,1H3,(H,18,19,20). The fourth-order valence-electron chi connectivity index (χ4n) is 1.40. The summed E-state index contributed by atoms with van der Waals surface area (Å²) in [6, 6.07) is 4.46. The number of halogens is 2. The molecule has 1 amide bonds. The number of amides is 1. The van der Waals surface area contributed by atoms with Gasteiger partial charge in [0.15, 0.2) is 6.61 Å². The van der Waals surface area contributed by atoms with Crippen molar-refractivity contribution in [1.82, 2.24) is 15.0 Å². The Bertz CT molecular complexity index is 620. The van der Waals surface area contributed by atoms with Crippen molar-refractivity contribution in [2.45, 2.75) is 13.3 Å². The summed E-state index contributed by atoms with van der Waals surface area (Å²) in [7, 11) is 0. The van der Waals surface area contributed by atoms with Crippen LogP contribution in [0, 0.1) is 6.92 Å². The van der Waals surface area contributed by atoms with Crippen molar-refractivity contribution < 1.29 is 18.3 Å². The first-order valence-corrected chi connectivity index (χ1v) is 6.02. The fourth-order valence-corrected chi connectivity index (χ4v) is 1.40. The fraction of sp³-hybridized carbons (Fsp3) is 0.231. The highest BCUT2D eigenvalue weighted by molar-refractivity contribution is 6.02. The zero-order valence-corrected chi connectivity index (χ0v) is 11.1. The third-order valence-corrected chi connectivity index (χ3v) is 2.34. The second-order valence-corrected chi connectivity index (χ2v) is 4.06. The number of carbonyl (C=O) groups excluding carboxylic acids is 1. The lowest BCUT2D eigenvalue weighted by atomic mass is 10.4. The van der Waals surface area contributed by atoms with Crippen LogP contribution >= 0.6 is 0 Å². The van der Waals surface area contributed by atoms with E-state index < -0.39 is 18.9 Å². The lowest BCUT2D eigenvalue weighted by Gasteiger charge is -2.07. The van der Waals surface area contributed by atoms with Crippen molar-refractivity contribution >= 4 is 11.7 Å². The minimum absolute atomic E-state index is 0.00286. The van der Waals surface area contributed by atoms with Crippen molar-refractivity contribution in [2.24, 2.45) is 0 Å². The number of carbonyl (C=O) groups is 1. The number of ether oxygens (including phenoxy) is 1. The lowest BCUT2D eigenvalue weighted by Crippen LogP contribution is -2.15. The molecule has 0 aliphatic rings. The molecule has 0 spiro atoms. The highest BCUT2D eigenvalue weighted by atomic mass is 19.3. The number of rotatable bonds is 5. The summed E-state index contributed by atoms with van der Waals surface area (Å²) >= 11 is 0. The number of nitrogens with one attached hydrogen (secondary N) is 1. The highest BCUT2D eigenvalue weighted by Gasteiger charge is 2.10. The largest absolute Gasteiger partial charge is 0.472 e. The van der Waals surface area contributed by atoms with Gasteiger partial charge in [-0.25, -0.2) is 13.8 Å². The number of hydrogen-bond donors (Lipinski definition) is 1. The van der Waals surface area contributed by atoms with E-state index in [9.17, 15) is 13.6 Å². The molecule has 0 radical (unpaired) electrons. The Hall–Kier alpha value is -2.64. The number of aryl methyl sites for hydroxylation is 1. The lowest BCUT2D eigenvalue weighted by molar-refractivity contribution is 0.0796. The van der Waals surface area contributed by atoms with Crippen molar-refractivity contribution in [3.63, 3.8) is 0 Å². The van der Waals surface area contributed by atoms with Gasteiger partial charge in [-0.15, -0.1) is 0 Å². The molecule has 0 bridgehead atoms. The van der Waals surface area contributed by atoms with E-state index in [1.165, 1.54) is 30.6 Å². The first kappa shape index (κ1) is 14.8. The van der Waals surface area contributed by atoms with Crippen LogP contribution in [0.3, 0.4) is 0 Å². The summed E-state index contributed by atoms with van der Waals surface area (Å²) in [5, 5.41) is 2.49. The zero-order chi connectivity index (χ0) is 15.2. The van der Waals surface area contributed by atoms with Crippen LogP contribution in [0.4, 0.5) is 14.6 Å². The molecule has 0 unspecified atom stereocenters. The maximum Gasteiger partial charge on any atom is 0.277 e. The van der Waals surface area contributed by atoms with Crippen LogP contribution in [-0.4, -0.2) is 33.9 Å². The third kappa shape index (κ3) is 4.44. The molecule has 8 heteroatoms. The summed E-state index contributed by atoms with van der Waals surface area (Å²) in [5.74, 6) is -0.321. The van der Waals surface area contributed by atoms with Crippen molar-refractivity contribution in [3.05, 3.63) is 42.0 Å². The van der Waals surface area contributed by atoms with E-state index in [1.54, 1.807) is 6.92 Å². The number of hydrogen-bond acceptors (Lipinski definition) is 5. The van der Waals surface area contributed by atoms with Gasteiger partial charge in [-0.05, 0) is 13.0 Å². The monoisotopic (exact) mass is 294 g/mol. The normalized spacial score (nSPS) is 10.5. The van der Waals surface area contributed by atoms with Gasteiger partial charge in [0, 0.05) is 12.3 Å². The van der Waals surface area contributed by atoms with E-state index in [0.29, 0.717) is 5.69 Å². The van der Waals surface area contributed by atoms with Gasteiger partial charge in [0.05, 0.1) is 11.9 Å². The molecule has 2 aromatic heterocycles. The summed E-state index contributed by atoms with van der Waals surface area (Å²) in [5.41, 5.74) is 0.813. The van der Waals surface area contributed by atoms with E-state index in [4.69, 9.17) is 4.74 Å². The van der Waals surface area contributed by atoms with Crippen LogP contribution in [0.5, 0.6) is 5.88 Å². The molecule has 2 rings (SSSR count). The molecule has 0 aliphatic heterocycles. The van der Waals surface area contributed by atoms with E-state index >= 15 is 0 Å². The first-order valence-electron chi connectivity index (χ1n) is 6.02. The van der Waals surface area contributed by atoms with Crippen molar-refractivity contribution in [2.75, 3.05) is 11.9 Å². The number of aromatic nitrogens is 3. The van der Waals surface area contributed by atoms with E-state index in [2.05, 4.69) is 20.3 Å². The van der Waals surface area contributed by atoms with Crippen LogP contribution in [-0.2, 0) is 0 Å². The zero-order valence-electron chi connectivity index (χ0n) is 11.1. The summed E-state index contributed by atoms with van der Waals surface area (Å²) in [4.78, 5) is 23.7. The van der Waals surface area contributed by atoms with Crippen LogP contribution in [0.2, 0.25) is 0 Å².